The monoisotopic (exact) mass is 204 g/mol. The Hall–Kier alpha value is 0.310. The van der Waals surface area contributed by atoms with E-state index in [9.17, 15) is 0 Å². The molecule has 0 unspecified atom stereocenters. The summed E-state index contributed by atoms with van der Waals surface area (Å²) in [5.41, 5.74) is 0. The van der Waals surface area contributed by atoms with Gasteiger partial charge in [-0.05, 0) is 49.2 Å². The first-order valence-electron chi connectivity index (χ1n) is 5.59. The molecule has 1 nitrogen and oxygen atoms in total. The molecular weight excluding hydrogens is 180 g/mol. The van der Waals surface area contributed by atoms with Crippen LogP contribution in [-0.4, -0.2) is 35.2 Å². The van der Waals surface area contributed by atoms with E-state index >= 15 is 0 Å². The minimum atomic E-state index is -0.260. The van der Waals surface area contributed by atoms with Gasteiger partial charge in [-0.15, -0.1) is 0 Å². The highest BCUT2D eigenvalue weighted by Gasteiger charge is 2.19. The first-order chi connectivity index (χ1) is 6.27. The van der Waals surface area contributed by atoms with Gasteiger partial charge in [0.1, 0.15) is 0 Å². The molecule has 0 atom stereocenters. The molecule has 0 spiro atoms. The summed E-state index contributed by atoms with van der Waals surface area (Å²) in [5.74, 6) is 4.41. The van der Waals surface area contributed by atoms with Crippen molar-refractivity contribution in [3.63, 3.8) is 0 Å². The van der Waals surface area contributed by atoms with E-state index in [0.29, 0.717) is 6.61 Å². The lowest BCUT2D eigenvalue weighted by Crippen LogP contribution is -2.10. The third-order valence-corrected chi connectivity index (χ3v) is 6.89. The van der Waals surface area contributed by atoms with Crippen LogP contribution >= 0.6 is 10.0 Å². The summed E-state index contributed by atoms with van der Waals surface area (Å²) >= 11 is 0. The minimum absolute atomic E-state index is 0.260. The Balaban J connectivity index is 2.25. The van der Waals surface area contributed by atoms with Gasteiger partial charge in [-0.25, -0.2) is 10.0 Å². The van der Waals surface area contributed by atoms with Crippen LogP contribution < -0.4 is 0 Å². The maximum atomic E-state index is 8.74. The number of hydrogen-bond acceptors (Lipinski definition) is 1. The van der Waals surface area contributed by atoms with Gasteiger partial charge in [-0.2, -0.15) is 0 Å². The van der Waals surface area contributed by atoms with Crippen LogP contribution in [0.2, 0.25) is 0 Å². The molecule has 0 aromatic carbocycles. The van der Waals surface area contributed by atoms with Gasteiger partial charge in [0, 0.05) is 6.61 Å². The van der Waals surface area contributed by atoms with Gasteiger partial charge in [-0.3, -0.25) is 0 Å². The molecule has 0 radical (unpaired) electrons. The van der Waals surface area contributed by atoms with E-state index in [-0.39, 0.29) is 10.0 Å². The third kappa shape index (κ3) is 4.37. The molecule has 0 aromatic rings. The number of unbranched alkanes of at least 4 members (excludes halogenated alkanes) is 1. The van der Waals surface area contributed by atoms with E-state index in [0.717, 1.165) is 6.42 Å². The fraction of sp³-hybridized carbons (Fsp3) is 1.00. The molecule has 2 heteroatoms. The molecule has 0 aliphatic carbocycles. The number of aliphatic hydroxyl groups excluding tert-OH is 1. The lowest BCUT2D eigenvalue weighted by Gasteiger charge is -2.34. The Morgan fingerprint density at radius 2 is 1.62 bits per heavy atom. The highest BCUT2D eigenvalue weighted by molar-refractivity contribution is 8.33. The maximum Gasteiger partial charge on any atom is 0.0431 e. The number of aliphatic hydroxyl groups is 1. The molecule has 1 fully saturated rings. The zero-order chi connectivity index (χ0) is 9.57. The molecule has 1 N–H and O–H groups in total. The van der Waals surface area contributed by atoms with Crippen molar-refractivity contribution in [2.24, 2.45) is 0 Å². The Morgan fingerprint density at radius 1 is 1.00 bits per heavy atom. The molecule has 0 bridgehead atoms. The fourth-order valence-electron chi connectivity index (χ4n) is 2.12. The molecule has 0 aromatic heterocycles. The lowest BCUT2D eigenvalue weighted by atomic mass is 10.2. The molecule has 1 saturated heterocycles. The average molecular weight is 204 g/mol. The predicted molar refractivity (Wildman–Crippen MR) is 62.9 cm³/mol. The van der Waals surface area contributed by atoms with Crippen LogP contribution in [0.5, 0.6) is 0 Å². The second-order valence-corrected chi connectivity index (χ2v) is 8.62. The van der Waals surface area contributed by atoms with Gasteiger partial charge in [0.05, 0.1) is 0 Å². The van der Waals surface area contributed by atoms with Gasteiger partial charge in [0.2, 0.25) is 0 Å². The highest BCUT2D eigenvalue weighted by atomic mass is 32.3. The van der Waals surface area contributed by atoms with E-state index in [1.807, 2.05) is 0 Å². The molecule has 13 heavy (non-hydrogen) atoms. The second kappa shape index (κ2) is 5.92. The molecule has 1 rings (SSSR count). The normalized spacial score (nSPS) is 25.1. The van der Waals surface area contributed by atoms with Crippen molar-refractivity contribution >= 4 is 10.0 Å². The lowest BCUT2D eigenvalue weighted by molar-refractivity contribution is 0.287. The molecule has 0 amide bonds. The van der Waals surface area contributed by atoms with E-state index in [4.69, 9.17) is 5.11 Å². The molecule has 1 heterocycles. The quantitative estimate of drug-likeness (QED) is 0.698. The molecule has 0 saturated carbocycles. The SMILES string of the molecule is CS1(CCCCO)CCCCCC1. The largest absolute Gasteiger partial charge is 0.396 e. The van der Waals surface area contributed by atoms with Crippen molar-refractivity contribution in [3.05, 3.63) is 0 Å². The standard InChI is InChI=1S/C11H24OS/c1-13(11-7-4-8-12)9-5-2-3-6-10-13/h12H,2-11H2,1H3. The predicted octanol–water partition coefficient (Wildman–Crippen LogP) is 2.77. The van der Waals surface area contributed by atoms with Crippen LogP contribution in [-0.2, 0) is 0 Å². The fourth-order valence-corrected chi connectivity index (χ4v) is 5.44. The van der Waals surface area contributed by atoms with Gasteiger partial charge in [0.15, 0.2) is 0 Å². The minimum Gasteiger partial charge on any atom is -0.396 e. The van der Waals surface area contributed by atoms with Gasteiger partial charge in [0.25, 0.3) is 0 Å². The second-order valence-electron chi connectivity index (χ2n) is 4.44. The van der Waals surface area contributed by atoms with E-state index in [2.05, 4.69) is 6.26 Å². The van der Waals surface area contributed by atoms with Crippen molar-refractivity contribution in [3.8, 4) is 0 Å². The van der Waals surface area contributed by atoms with Crippen LogP contribution in [0.3, 0.4) is 0 Å². The number of hydrogen-bond donors (Lipinski definition) is 1. The maximum absolute atomic E-state index is 8.74. The van der Waals surface area contributed by atoms with Crippen molar-refractivity contribution < 1.29 is 5.11 Å². The molecule has 80 valence electrons. The van der Waals surface area contributed by atoms with Crippen molar-refractivity contribution in [1.29, 1.82) is 0 Å². The smallest absolute Gasteiger partial charge is 0.0431 e. The molecular formula is C11H24OS. The van der Waals surface area contributed by atoms with Crippen LogP contribution in [0.25, 0.3) is 0 Å². The Kier molecular flexibility index (Phi) is 5.18. The zero-order valence-electron chi connectivity index (χ0n) is 8.93. The van der Waals surface area contributed by atoms with Crippen LogP contribution in [0.1, 0.15) is 38.5 Å². The van der Waals surface area contributed by atoms with Gasteiger partial charge < -0.3 is 5.11 Å². The van der Waals surface area contributed by atoms with Crippen molar-refractivity contribution in [2.75, 3.05) is 30.1 Å². The van der Waals surface area contributed by atoms with Crippen LogP contribution in [0, 0.1) is 0 Å². The van der Waals surface area contributed by atoms with Crippen LogP contribution in [0.15, 0.2) is 0 Å². The number of rotatable bonds is 4. The van der Waals surface area contributed by atoms with Gasteiger partial charge >= 0.3 is 0 Å². The summed E-state index contributed by atoms with van der Waals surface area (Å²) in [4.78, 5) is 0. The molecule has 1 aliphatic rings. The first-order valence-corrected chi connectivity index (χ1v) is 8.14. The van der Waals surface area contributed by atoms with E-state index < -0.39 is 0 Å². The summed E-state index contributed by atoms with van der Waals surface area (Å²) in [6.07, 6.45) is 10.6. The van der Waals surface area contributed by atoms with Crippen molar-refractivity contribution in [2.45, 2.75) is 38.5 Å². The van der Waals surface area contributed by atoms with E-state index in [1.54, 1.807) is 0 Å². The Morgan fingerprint density at radius 3 is 2.15 bits per heavy atom. The Bertz CT molecular complexity index is 128. The summed E-state index contributed by atoms with van der Waals surface area (Å²) < 4.78 is 0. The summed E-state index contributed by atoms with van der Waals surface area (Å²) in [5, 5.41) is 8.74. The summed E-state index contributed by atoms with van der Waals surface area (Å²) in [7, 11) is -0.260. The third-order valence-electron chi connectivity index (χ3n) is 3.07. The van der Waals surface area contributed by atoms with Crippen molar-refractivity contribution in [1.82, 2.24) is 0 Å². The first kappa shape index (κ1) is 11.4. The average Bonchev–Trinajstić information content (AvgIpc) is 2.31. The zero-order valence-corrected chi connectivity index (χ0v) is 9.74. The highest BCUT2D eigenvalue weighted by Crippen LogP contribution is 2.48. The Labute approximate surface area is 84.2 Å². The summed E-state index contributed by atoms with van der Waals surface area (Å²) in [6.45, 7) is 0.384. The van der Waals surface area contributed by atoms with E-state index in [1.165, 1.54) is 49.4 Å². The van der Waals surface area contributed by atoms with Gasteiger partial charge in [-0.1, -0.05) is 12.8 Å². The topological polar surface area (TPSA) is 20.2 Å². The summed E-state index contributed by atoms with van der Waals surface area (Å²) in [6, 6.07) is 0. The van der Waals surface area contributed by atoms with Crippen LogP contribution in [0.4, 0.5) is 0 Å². The molecule has 1 aliphatic heterocycles.